The molecular formula is C30H32F2N6O5S. The second-order valence-corrected chi connectivity index (χ2v) is 12.1. The Labute approximate surface area is 253 Å². The van der Waals surface area contributed by atoms with Crippen LogP contribution in [0.2, 0.25) is 0 Å². The van der Waals surface area contributed by atoms with Gasteiger partial charge in [0.2, 0.25) is 5.96 Å². The van der Waals surface area contributed by atoms with Gasteiger partial charge in [0, 0.05) is 49.4 Å². The summed E-state index contributed by atoms with van der Waals surface area (Å²) in [5.41, 5.74) is 1.34. The zero-order chi connectivity index (χ0) is 31.0. The highest BCUT2D eigenvalue weighted by molar-refractivity contribution is 7.90. The fraction of sp³-hybridized carbons (Fsp3) is 0.333. The van der Waals surface area contributed by atoms with Crippen LogP contribution in [0.15, 0.2) is 58.5 Å². The van der Waals surface area contributed by atoms with Gasteiger partial charge in [0.15, 0.2) is 28.8 Å². The van der Waals surface area contributed by atoms with Crippen LogP contribution in [0.1, 0.15) is 18.2 Å². The molecule has 4 aromatic rings. The number of nitrogens with zero attached hydrogens (tertiary/aromatic N) is 5. The third-order valence-electron chi connectivity index (χ3n) is 7.63. The van der Waals surface area contributed by atoms with E-state index < -0.39 is 27.3 Å². The van der Waals surface area contributed by atoms with Crippen molar-refractivity contribution in [1.82, 2.24) is 19.2 Å². The Balaban J connectivity index is 1.54. The first-order valence-electron chi connectivity index (χ1n) is 14.1. The van der Waals surface area contributed by atoms with Crippen LogP contribution in [-0.4, -0.2) is 75.3 Å². The Morgan fingerprint density at radius 1 is 1.02 bits per heavy atom. The first-order valence-corrected chi connectivity index (χ1v) is 15.6. The molecule has 0 spiro atoms. The van der Waals surface area contributed by atoms with E-state index in [1.807, 2.05) is 6.92 Å². The summed E-state index contributed by atoms with van der Waals surface area (Å²) in [6, 6.07) is 11.1. The second-order valence-electron chi connectivity index (χ2n) is 10.3. The van der Waals surface area contributed by atoms with Crippen LogP contribution < -0.4 is 19.7 Å². The zero-order valence-electron chi connectivity index (χ0n) is 24.5. The van der Waals surface area contributed by atoms with Gasteiger partial charge in [-0.3, -0.25) is 4.90 Å². The highest BCUT2D eigenvalue weighted by Gasteiger charge is 2.33. The molecule has 1 fully saturated rings. The second kappa shape index (κ2) is 12.0. The van der Waals surface area contributed by atoms with Crippen LogP contribution in [0.3, 0.4) is 0 Å². The average molecular weight is 627 g/mol. The normalized spacial score (nSPS) is 15.7. The number of guanidine groups is 1. The van der Waals surface area contributed by atoms with Crippen molar-refractivity contribution < 1.29 is 31.4 Å². The number of aliphatic imine (C=N–C) groups is 1. The summed E-state index contributed by atoms with van der Waals surface area (Å²) in [4.78, 5) is 13.0. The number of pyridine rings is 1. The molecule has 1 N–H and O–H groups in total. The molecule has 0 atom stereocenters. The maximum Gasteiger partial charge on any atom is 0.269 e. The molecule has 0 radical (unpaired) electrons. The Morgan fingerprint density at radius 3 is 2.34 bits per heavy atom. The Morgan fingerprint density at radius 2 is 1.70 bits per heavy atom. The van der Waals surface area contributed by atoms with Gasteiger partial charge in [0.25, 0.3) is 10.0 Å². The van der Waals surface area contributed by atoms with E-state index in [2.05, 4.69) is 15.2 Å². The van der Waals surface area contributed by atoms with Crippen LogP contribution in [-0.2, 0) is 27.8 Å². The van der Waals surface area contributed by atoms with E-state index in [1.165, 1.54) is 29.3 Å². The Hall–Kier alpha value is -4.27. The van der Waals surface area contributed by atoms with Gasteiger partial charge in [-0.15, -0.1) is 0 Å². The van der Waals surface area contributed by atoms with Crippen molar-refractivity contribution in [2.24, 2.45) is 4.99 Å². The number of fused-ring (bicyclic) bond motifs is 3. The molecule has 2 aromatic heterocycles. The lowest BCUT2D eigenvalue weighted by atomic mass is 10.1. The van der Waals surface area contributed by atoms with Gasteiger partial charge in [-0.1, -0.05) is 18.2 Å². The standard InChI is InChI=1S/C30H32F2N6O5S/c1-4-33-30-35-27-19(17-37(30)28-25(31)23(41-2)15-24(42-3)26(28)32)16-34-29-22(27)14-20(18-36-10-12-43-13-11-36)38(29)44(39,40)21-8-6-5-7-9-21/h5-9,14-16H,4,10-13,17-18H2,1-3H3,(H,33,35). The van der Waals surface area contributed by atoms with Crippen LogP contribution in [0, 0.1) is 11.6 Å². The van der Waals surface area contributed by atoms with E-state index in [0.29, 0.717) is 61.7 Å². The molecule has 0 aliphatic carbocycles. The smallest absolute Gasteiger partial charge is 0.269 e. The number of rotatable bonds is 8. The molecule has 1 saturated heterocycles. The number of hydrogen-bond acceptors (Lipinski definition) is 10. The Kier molecular flexibility index (Phi) is 8.14. The van der Waals surface area contributed by atoms with Crippen molar-refractivity contribution in [3.63, 3.8) is 0 Å². The van der Waals surface area contributed by atoms with Crippen molar-refractivity contribution in [2.45, 2.75) is 24.9 Å². The molecule has 0 saturated carbocycles. The quantitative estimate of drug-likeness (QED) is 0.310. The van der Waals surface area contributed by atoms with Crippen molar-refractivity contribution in [3.8, 4) is 11.5 Å². The number of halogens is 2. The molecule has 2 aromatic carbocycles. The molecule has 14 heteroatoms. The number of ether oxygens (including phenoxy) is 3. The maximum absolute atomic E-state index is 15.6. The van der Waals surface area contributed by atoms with Crippen molar-refractivity contribution in [1.29, 1.82) is 0 Å². The predicted molar refractivity (Wildman–Crippen MR) is 161 cm³/mol. The van der Waals surface area contributed by atoms with E-state index in [-0.39, 0.29) is 34.5 Å². The lowest BCUT2D eigenvalue weighted by Gasteiger charge is -2.31. The summed E-state index contributed by atoms with van der Waals surface area (Å²) >= 11 is 0. The Bertz CT molecular complexity index is 1810. The lowest BCUT2D eigenvalue weighted by molar-refractivity contribution is 0.0336. The van der Waals surface area contributed by atoms with E-state index in [0.717, 1.165) is 6.07 Å². The summed E-state index contributed by atoms with van der Waals surface area (Å²) in [5, 5.41) is 3.61. The number of anilines is 1. The molecule has 44 heavy (non-hydrogen) atoms. The highest BCUT2D eigenvalue weighted by atomic mass is 32.2. The number of benzene rings is 2. The van der Waals surface area contributed by atoms with Crippen LogP contribution in [0.25, 0.3) is 11.0 Å². The summed E-state index contributed by atoms with van der Waals surface area (Å²) in [6.07, 6.45) is 1.50. The van der Waals surface area contributed by atoms with Crippen molar-refractivity contribution in [3.05, 3.63) is 71.6 Å². The molecule has 0 amide bonds. The molecule has 232 valence electrons. The summed E-state index contributed by atoms with van der Waals surface area (Å²) in [5.74, 6) is -2.04. The van der Waals surface area contributed by atoms with E-state index in [4.69, 9.17) is 19.2 Å². The van der Waals surface area contributed by atoms with Gasteiger partial charge < -0.3 is 24.4 Å². The first-order chi connectivity index (χ1) is 21.3. The number of nitrogens with one attached hydrogen (secondary N) is 1. The van der Waals surface area contributed by atoms with Crippen LogP contribution in [0.4, 0.5) is 20.2 Å². The number of hydrogen-bond donors (Lipinski definition) is 1. The van der Waals surface area contributed by atoms with Gasteiger partial charge >= 0.3 is 0 Å². The minimum atomic E-state index is -4.04. The first kappa shape index (κ1) is 29.8. The third kappa shape index (κ3) is 5.12. The minimum absolute atomic E-state index is 0.0102. The molecule has 4 heterocycles. The zero-order valence-corrected chi connectivity index (χ0v) is 25.3. The minimum Gasteiger partial charge on any atom is -0.493 e. The summed E-state index contributed by atoms with van der Waals surface area (Å²) in [6.45, 7) is 4.96. The fourth-order valence-electron chi connectivity index (χ4n) is 5.52. The maximum atomic E-state index is 15.6. The molecule has 11 nitrogen and oxygen atoms in total. The van der Waals surface area contributed by atoms with Gasteiger partial charge in [-0.2, -0.15) is 0 Å². The highest BCUT2D eigenvalue weighted by Crippen LogP contribution is 2.42. The molecule has 2 aliphatic heterocycles. The molecule has 0 bridgehead atoms. The van der Waals surface area contributed by atoms with E-state index in [9.17, 15) is 8.42 Å². The van der Waals surface area contributed by atoms with Gasteiger partial charge in [-0.05, 0) is 25.1 Å². The van der Waals surface area contributed by atoms with E-state index in [1.54, 1.807) is 36.4 Å². The number of methoxy groups -OCH3 is 2. The monoisotopic (exact) mass is 626 g/mol. The molecule has 6 rings (SSSR count). The predicted octanol–water partition coefficient (Wildman–Crippen LogP) is 4.02. The van der Waals surface area contributed by atoms with Gasteiger partial charge in [0.05, 0.1) is 50.3 Å². The fourth-order valence-corrected chi connectivity index (χ4v) is 7.02. The van der Waals surface area contributed by atoms with Gasteiger partial charge in [-0.25, -0.2) is 31.1 Å². The molecule has 0 unspecified atom stereocenters. The summed E-state index contributed by atoms with van der Waals surface area (Å²) < 4.78 is 76.4. The number of aromatic nitrogens is 2. The molecular weight excluding hydrogens is 594 g/mol. The van der Waals surface area contributed by atoms with Crippen molar-refractivity contribution >= 4 is 38.4 Å². The van der Waals surface area contributed by atoms with Gasteiger partial charge in [0.1, 0.15) is 5.69 Å². The van der Waals surface area contributed by atoms with Crippen molar-refractivity contribution in [2.75, 3.05) is 52.0 Å². The largest absolute Gasteiger partial charge is 0.493 e. The van der Waals surface area contributed by atoms with Crippen LogP contribution in [0.5, 0.6) is 11.5 Å². The summed E-state index contributed by atoms with van der Waals surface area (Å²) in [7, 11) is -1.47. The topological polar surface area (TPSA) is 111 Å². The lowest BCUT2D eigenvalue weighted by Crippen LogP contribution is -2.43. The third-order valence-corrected chi connectivity index (χ3v) is 9.39. The SMILES string of the molecule is CCNC1=Nc2c(cnc3c2cc(CN2CCOCC2)n3S(=O)(=O)c2ccccc2)CN1c1c(F)c(OC)cc(OC)c1F. The van der Waals surface area contributed by atoms with E-state index >= 15 is 8.78 Å². The van der Waals surface area contributed by atoms with Crippen LogP contribution >= 0.6 is 0 Å². The average Bonchev–Trinajstić information content (AvgIpc) is 3.41. The number of morpholine rings is 1. The molecule has 2 aliphatic rings.